The first-order valence-electron chi connectivity index (χ1n) is 7.42. The van der Waals surface area contributed by atoms with Gasteiger partial charge in [0, 0.05) is 20.1 Å². The Bertz CT molecular complexity index is 521. The Morgan fingerprint density at radius 3 is 2.68 bits per heavy atom. The van der Waals surface area contributed by atoms with Gasteiger partial charge in [0.1, 0.15) is 0 Å². The van der Waals surface area contributed by atoms with Crippen molar-refractivity contribution in [3.05, 3.63) is 23.8 Å². The average Bonchev–Trinajstić information content (AvgIpc) is 2.97. The lowest BCUT2D eigenvalue weighted by Crippen LogP contribution is -2.42. The van der Waals surface area contributed by atoms with Crippen LogP contribution < -0.4 is 14.8 Å². The van der Waals surface area contributed by atoms with Crippen LogP contribution in [0.4, 0.5) is 0 Å². The molecule has 122 valence electrons. The second-order valence-corrected chi connectivity index (χ2v) is 5.55. The van der Waals surface area contributed by atoms with E-state index < -0.39 is 6.10 Å². The van der Waals surface area contributed by atoms with Gasteiger partial charge in [-0.15, -0.1) is 0 Å². The average molecular weight is 308 g/mol. The van der Waals surface area contributed by atoms with Gasteiger partial charge < -0.3 is 24.8 Å². The van der Waals surface area contributed by atoms with E-state index in [1.165, 1.54) is 0 Å². The van der Waals surface area contributed by atoms with Gasteiger partial charge in [-0.2, -0.15) is 0 Å². The summed E-state index contributed by atoms with van der Waals surface area (Å²) >= 11 is 0. The number of benzene rings is 1. The van der Waals surface area contributed by atoms with Crippen molar-refractivity contribution in [1.29, 1.82) is 0 Å². The summed E-state index contributed by atoms with van der Waals surface area (Å²) in [7, 11) is 5.00. The van der Waals surface area contributed by atoms with E-state index in [0.29, 0.717) is 31.0 Å². The molecule has 1 amide bonds. The number of hydrogen-bond acceptors (Lipinski definition) is 5. The lowest BCUT2D eigenvalue weighted by Gasteiger charge is -2.21. The van der Waals surface area contributed by atoms with Gasteiger partial charge in [-0.25, -0.2) is 0 Å². The molecule has 6 nitrogen and oxygen atoms in total. The smallest absolute Gasteiger partial charge is 0.239 e. The summed E-state index contributed by atoms with van der Waals surface area (Å²) in [6.45, 7) is 1.10. The Morgan fingerprint density at radius 2 is 2.09 bits per heavy atom. The molecule has 22 heavy (non-hydrogen) atoms. The molecule has 0 unspecified atom stereocenters. The van der Waals surface area contributed by atoms with E-state index in [9.17, 15) is 9.90 Å². The summed E-state index contributed by atoms with van der Waals surface area (Å²) < 4.78 is 10.5. The quantitative estimate of drug-likeness (QED) is 0.797. The largest absolute Gasteiger partial charge is 0.493 e. The molecule has 6 heteroatoms. The summed E-state index contributed by atoms with van der Waals surface area (Å²) in [6.07, 6.45) is 0.797. The van der Waals surface area contributed by atoms with Crippen LogP contribution in [0.5, 0.6) is 11.5 Å². The van der Waals surface area contributed by atoms with E-state index in [1.54, 1.807) is 26.2 Å². The van der Waals surface area contributed by atoms with E-state index in [4.69, 9.17) is 9.47 Å². The highest BCUT2D eigenvalue weighted by atomic mass is 16.5. The Morgan fingerprint density at radius 1 is 1.36 bits per heavy atom. The number of likely N-dealkylation sites (N-methyl/N-ethyl adjacent to an activating group) is 1. The lowest BCUT2D eigenvalue weighted by atomic mass is 10.1. The summed E-state index contributed by atoms with van der Waals surface area (Å²) in [5, 5.41) is 12.5. The predicted octanol–water partition coefficient (Wildman–Crippen LogP) is 0.428. The molecule has 1 heterocycles. The number of hydrogen-bond donors (Lipinski definition) is 2. The topological polar surface area (TPSA) is 71.0 Å². The van der Waals surface area contributed by atoms with Crippen molar-refractivity contribution in [1.82, 2.24) is 10.2 Å². The van der Waals surface area contributed by atoms with Gasteiger partial charge in [0.25, 0.3) is 0 Å². The van der Waals surface area contributed by atoms with E-state index in [0.717, 1.165) is 12.0 Å². The number of methoxy groups -OCH3 is 2. The van der Waals surface area contributed by atoms with Crippen LogP contribution in [0.2, 0.25) is 0 Å². The molecule has 0 spiro atoms. The van der Waals surface area contributed by atoms with Crippen molar-refractivity contribution in [3.63, 3.8) is 0 Å². The Kier molecular flexibility index (Phi) is 5.63. The van der Waals surface area contributed by atoms with Crippen molar-refractivity contribution in [3.8, 4) is 11.5 Å². The number of nitrogens with zero attached hydrogens (tertiary/aromatic N) is 1. The van der Waals surface area contributed by atoms with E-state index in [-0.39, 0.29) is 11.9 Å². The fourth-order valence-electron chi connectivity index (χ4n) is 2.61. The van der Waals surface area contributed by atoms with Crippen molar-refractivity contribution >= 4 is 5.91 Å². The zero-order valence-electron chi connectivity index (χ0n) is 13.3. The second kappa shape index (κ2) is 7.47. The molecule has 0 saturated carbocycles. The molecule has 0 aromatic heterocycles. The number of rotatable bonds is 6. The molecule has 2 rings (SSSR count). The van der Waals surface area contributed by atoms with Gasteiger partial charge >= 0.3 is 0 Å². The number of carbonyl (C=O) groups is 1. The normalized spacial score (nSPS) is 20.7. The second-order valence-electron chi connectivity index (χ2n) is 5.55. The molecule has 1 aromatic rings. The maximum atomic E-state index is 12.2. The Hall–Kier alpha value is -1.79. The number of β-amino-alcohol motifs (C(OH)–C–C–N with tert-alkyl or cyclic N) is 1. The highest BCUT2D eigenvalue weighted by molar-refractivity contribution is 5.82. The Labute approximate surface area is 131 Å². The summed E-state index contributed by atoms with van der Waals surface area (Å²) in [5.74, 6) is 1.41. The van der Waals surface area contributed by atoms with Crippen LogP contribution in [0.3, 0.4) is 0 Å². The van der Waals surface area contributed by atoms with Gasteiger partial charge in [-0.1, -0.05) is 6.07 Å². The first-order valence-corrected chi connectivity index (χ1v) is 7.42. The molecule has 1 aromatic carbocycles. The Balaban J connectivity index is 1.90. The van der Waals surface area contributed by atoms with Crippen molar-refractivity contribution in [2.45, 2.75) is 25.0 Å². The summed E-state index contributed by atoms with van der Waals surface area (Å²) in [5.41, 5.74) is 1.08. The fourth-order valence-corrected chi connectivity index (χ4v) is 2.61. The minimum Gasteiger partial charge on any atom is -0.493 e. The van der Waals surface area contributed by atoms with Gasteiger partial charge in [-0.3, -0.25) is 4.79 Å². The number of nitrogens with one attached hydrogen (secondary N) is 1. The number of carbonyl (C=O) groups excluding carboxylic acids is 1. The molecular weight excluding hydrogens is 284 g/mol. The van der Waals surface area contributed by atoms with E-state index in [2.05, 4.69) is 5.32 Å². The highest BCUT2D eigenvalue weighted by Gasteiger charge is 2.29. The zero-order valence-corrected chi connectivity index (χ0v) is 13.3. The van der Waals surface area contributed by atoms with Gasteiger partial charge in [0.15, 0.2) is 11.5 Å². The lowest BCUT2D eigenvalue weighted by molar-refractivity contribution is -0.131. The fraction of sp³-hybridized carbons (Fsp3) is 0.562. The molecule has 1 fully saturated rings. The molecule has 1 aliphatic rings. The predicted molar refractivity (Wildman–Crippen MR) is 83.3 cm³/mol. The van der Waals surface area contributed by atoms with E-state index >= 15 is 0 Å². The number of amides is 1. The van der Waals surface area contributed by atoms with Crippen molar-refractivity contribution in [2.75, 3.05) is 34.4 Å². The number of aliphatic hydroxyl groups is 1. The minimum atomic E-state index is -0.423. The first-order chi connectivity index (χ1) is 10.5. The molecule has 2 atom stereocenters. The van der Waals surface area contributed by atoms with Crippen LogP contribution in [-0.2, 0) is 11.2 Å². The van der Waals surface area contributed by atoms with Crippen LogP contribution in [0.1, 0.15) is 12.0 Å². The first kappa shape index (κ1) is 16.6. The van der Waals surface area contributed by atoms with Crippen LogP contribution in [0, 0.1) is 0 Å². The zero-order chi connectivity index (χ0) is 16.1. The van der Waals surface area contributed by atoms with Gasteiger partial charge in [-0.05, 0) is 30.5 Å². The third-order valence-corrected chi connectivity index (χ3v) is 3.97. The minimum absolute atomic E-state index is 0.0250. The third-order valence-electron chi connectivity index (χ3n) is 3.97. The SMILES string of the molecule is COc1ccc(CCN(C)C(=O)[C@H]2C[C@@H](O)CN2)cc1OC. The highest BCUT2D eigenvalue weighted by Crippen LogP contribution is 2.27. The van der Waals surface area contributed by atoms with Crippen LogP contribution in [-0.4, -0.2) is 62.4 Å². The molecule has 0 bridgehead atoms. The summed E-state index contributed by atoms with van der Waals surface area (Å²) in [6, 6.07) is 5.49. The van der Waals surface area contributed by atoms with Crippen molar-refractivity contribution in [2.24, 2.45) is 0 Å². The van der Waals surface area contributed by atoms with Gasteiger partial charge in [0.2, 0.25) is 5.91 Å². The molecule has 1 aliphatic heterocycles. The maximum absolute atomic E-state index is 12.2. The number of ether oxygens (including phenoxy) is 2. The molecule has 1 saturated heterocycles. The molecule has 0 aliphatic carbocycles. The molecule has 0 radical (unpaired) electrons. The maximum Gasteiger partial charge on any atom is 0.239 e. The monoisotopic (exact) mass is 308 g/mol. The van der Waals surface area contributed by atoms with Crippen molar-refractivity contribution < 1.29 is 19.4 Å². The van der Waals surface area contributed by atoms with Crippen LogP contribution in [0.15, 0.2) is 18.2 Å². The standard InChI is InChI=1S/C16H24N2O4/c1-18(16(20)13-9-12(19)10-17-13)7-6-11-4-5-14(21-2)15(8-11)22-3/h4-5,8,12-13,17,19H,6-7,9-10H2,1-3H3/t12-,13-/m1/s1. The summed E-state index contributed by atoms with van der Waals surface area (Å²) in [4.78, 5) is 13.9. The molecular formula is C16H24N2O4. The number of aliphatic hydroxyl groups excluding tert-OH is 1. The molecule has 2 N–H and O–H groups in total. The van der Waals surface area contributed by atoms with Crippen LogP contribution in [0.25, 0.3) is 0 Å². The third kappa shape index (κ3) is 3.90. The van der Waals surface area contributed by atoms with E-state index in [1.807, 2.05) is 18.2 Å². The van der Waals surface area contributed by atoms with Gasteiger partial charge in [0.05, 0.1) is 26.4 Å². The van der Waals surface area contributed by atoms with Crippen LogP contribution >= 0.6 is 0 Å².